The highest BCUT2D eigenvalue weighted by molar-refractivity contribution is 5.89. The molecule has 0 spiro atoms. The number of aryl methyl sites for hydroxylation is 1. The minimum atomic E-state index is -3.12. The molecule has 0 saturated carbocycles. The lowest BCUT2D eigenvalue weighted by Crippen LogP contribution is -2.22. The summed E-state index contributed by atoms with van der Waals surface area (Å²) in [6, 6.07) is 1.77. The summed E-state index contributed by atoms with van der Waals surface area (Å²) in [7, 11) is 0. The number of aliphatic hydroxyl groups is 1. The number of aromatic carboxylic acids is 1. The van der Waals surface area contributed by atoms with Gasteiger partial charge < -0.3 is 15.5 Å². The first-order valence-corrected chi connectivity index (χ1v) is 8.93. The van der Waals surface area contributed by atoms with Gasteiger partial charge in [0, 0.05) is 9.24 Å². The Morgan fingerprint density at radius 3 is 2.86 bits per heavy atom. The molecule has 4 heteroatoms. The van der Waals surface area contributed by atoms with Gasteiger partial charge in [-0.25, -0.2) is 4.79 Å². The zero-order valence-corrected chi connectivity index (χ0v) is 15.7. The zero-order valence-electron chi connectivity index (χ0n) is 26.7. The van der Waals surface area contributed by atoms with Crippen LogP contribution in [-0.2, 0) is 6.42 Å². The molecule has 4 nitrogen and oxygen atoms in total. The molecule has 0 heterocycles. The highest BCUT2D eigenvalue weighted by Gasteiger charge is 2.07. The SMILES string of the molecule is [2H]c1c([2H])c(C(=O)O)c([2H])c(-c2cccc(CCCNC([2H])([2H])[C@]([2H])(O)c3c([2H])c([2H])c([2H])c(C)c3[2H])c2)c1[2H]. The van der Waals surface area contributed by atoms with Crippen molar-refractivity contribution in [3.63, 3.8) is 0 Å². The minimum absolute atomic E-state index is 0.0607. The molecule has 0 bridgehead atoms. The van der Waals surface area contributed by atoms with Gasteiger partial charge in [-0.1, -0.05) is 66.1 Å². The third kappa shape index (κ3) is 6.01. The summed E-state index contributed by atoms with van der Waals surface area (Å²) in [6.07, 6.45) is -2.53. The van der Waals surface area contributed by atoms with Crippen molar-refractivity contribution in [1.29, 1.82) is 0 Å². The molecule has 3 rings (SSSR count). The van der Waals surface area contributed by atoms with Gasteiger partial charge in [-0.3, -0.25) is 0 Å². The summed E-state index contributed by atoms with van der Waals surface area (Å²) in [5, 5.41) is 22.6. The predicted molar refractivity (Wildman–Crippen MR) is 116 cm³/mol. The van der Waals surface area contributed by atoms with Crippen molar-refractivity contribution >= 4 is 5.97 Å². The van der Waals surface area contributed by atoms with Crippen LogP contribution in [0.3, 0.4) is 0 Å². The highest BCUT2D eigenvalue weighted by atomic mass is 16.4. The lowest BCUT2D eigenvalue weighted by Gasteiger charge is -2.13. The van der Waals surface area contributed by atoms with Crippen LogP contribution in [0.4, 0.5) is 0 Å². The minimum Gasteiger partial charge on any atom is -0.478 e. The van der Waals surface area contributed by atoms with Gasteiger partial charge in [0.15, 0.2) is 0 Å². The number of rotatable bonds is 9. The quantitative estimate of drug-likeness (QED) is 0.459. The zero-order chi connectivity index (χ0) is 30.3. The Morgan fingerprint density at radius 1 is 1.21 bits per heavy atom. The topological polar surface area (TPSA) is 69.6 Å². The molecule has 0 radical (unpaired) electrons. The van der Waals surface area contributed by atoms with E-state index in [1.165, 1.54) is 6.92 Å². The Hall–Kier alpha value is -2.95. The van der Waals surface area contributed by atoms with Crippen molar-refractivity contribution in [2.24, 2.45) is 0 Å². The average molecular weight is 401 g/mol. The van der Waals surface area contributed by atoms with E-state index < -0.39 is 78.0 Å². The maximum Gasteiger partial charge on any atom is 0.335 e. The smallest absolute Gasteiger partial charge is 0.335 e. The molecule has 1 atom stereocenters. The van der Waals surface area contributed by atoms with Gasteiger partial charge in [0.2, 0.25) is 0 Å². The third-order valence-electron chi connectivity index (χ3n) is 4.02. The van der Waals surface area contributed by atoms with Crippen molar-refractivity contribution < 1.29 is 30.1 Å². The Kier molecular flexibility index (Phi) is 3.70. The first-order valence-electron chi connectivity index (χ1n) is 14.4. The fourth-order valence-electron chi connectivity index (χ4n) is 2.62. The molecule has 0 unspecified atom stereocenters. The maximum atomic E-state index is 11.6. The second kappa shape index (κ2) is 10.0. The van der Waals surface area contributed by atoms with E-state index in [2.05, 4.69) is 5.32 Å². The van der Waals surface area contributed by atoms with Crippen molar-refractivity contribution in [3.8, 4) is 11.1 Å². The van der Waals surface area contributed by atoms with Crippen LogP contribution in [0.2, 0.25) is 0 Å². The van der Waals surface area contributed by atoms with Crippen LogP contribution in [0, 0.1) is 6.92 Å². The summed E-state index contributed by atoms with van der Waals surface area (Å²) in [6.45, 7) is -1.59. The highest BCUT2D eigenvalue weighted by Crippen LogP contribution is 2.22. The normalized spacial score (nSPS) is 18.9. The van der Waals surface area contributed by atoms with Crippen LogP contribution >= 0.6 is 0 Å². The molecule has 3 aromatic carbocycles. The first-order chi connectivity index (χ1) is 18.5. The molecular weight excluding hydrogens is 362 g/mol. The summed E-state index contributed by atoms with van der Waals surface area (Å²) in [5.41, 5.74) is -0.587. The lowest BCUT2D eigenvalue weighted by atomic mass is 9.99. The molecule has 3 N–H and O–H groups in total. The molecule has 150 valence electrons. The van der Waals surface area contributed by atoms with Gasteiger partial charge in [0.05, 0.1) is 24.0 Å². The molecule has 0 aliphatic carbocycles. The van der Waals surface area contributed by atoms with Crippen LogP contribution < -0.4 is 5.32 Å². The van der Waals surface area contributed by atoms with E-state index in [1.807, 2.05) is 0 Å². The van der Waals surface area contributed by atoms with Gasteiger partial charge in [-0.2, -0.15) is 0 Å². The molecule has 0 aliphatic rings. The molecule has 0 aromatic heterocycles. The van der Waals surface area contributed by atoms with Crippen molar-refractivity contribution in [1.82, 2.24) is 5.32 Å². The summed E-state index contributed by atoms with van der Waals surface area (Å²) < 4.78 is 88.8. The molecular formula is C25H27NO3. The molecule has 3 aromatic rings. The third-order valence-corrected chi connectivity index (χ3v) is 4.02. The molecule has 29 heavy (non-hydrogen) atoms. The van der Waals surface area contributed by atoms with E-state index >= 15 is 0 Å². The van der Waals surface area contributed by atoms with Gasteiger partial charge in [0.1, 0.15) is 0 Å². The number of hydrogen-bond acceptors (Lipinski definition) is 3. The van der Waals surface area contributed by atoms with Crippen LogP contribution in [-0.4, -0.2) is 29.2 Å². The van der Waals surface area contributed by atoms with Crippen molar-refractivity contribution in [3.05, 3.63) is 94.9 Å². The number of benzene rings is 3. The second-order valence-electron chi connectivity index (χ2n) is 6.26. The predicted octanol–water partition coefficient (Wildman–Crippen LogP) is 4.62. The van der Waals surface area contributed by atoms with Gasteiger partial charge in [-0.15, -0.1) is 0 Å². The van der Waals surface area contributed by atoms with E-state index in [0.717, 1.165) is 0 Å². The first kappa shape index (κ1) is 10.7. The van der Waals surface area contributed by atoms with E-state index in [1.54, 1.807) is 24.3 Å². The summed E-state index contributed by atoms with van der Waals surface area (Å²) >= 11 is 0. The Bertz CT molecular complexity index is 1460. The number of carboxylic acids is 1. The largest absolute Gasteiger partial charge is 0.478 e. The number of carboxylic acid groups (broad SMARTS) is 1. The van der Waals surface area contributed by atoms with E-state index in [9.17, 15) is 15.0 Å². The second-order valence-corrected chi connectivity index (χ2v) is 6.26. The number of nitrogens with one attached hydrogen (secondary N) is 1. The van der Waals surface area contributed by atoms with Crippen LogP contribution in [0.25, 0.3) is 11.1 Å². The Balaban J connectivity index is 1.80. The van der Waals surface area contributed by atoms with Crippen LogP contribution in [0.5, 0.6) is 0 Å². The van der Waals surface area contributed by atoms with Gasteiger partial charge in [-0.05, 0) is 60.6 Å². The standard InChI is InChI=1S/C25H27NO3/c1-18-6-2-11-22(14-18)24(27)17-26-13-5-8-19-7-3-9-20(15-19)21-10-4-12-23(16-21)25(28)29/h2-4,6-7,9-12,14-16,24,26-27H,5,8,13,17H2,1H3,(H,28,29)/t24-/m0/s1/i2D,4D,6D,10D,11D,12D,14D,16D,17D2,24D. The maximum absolute atomic E-state index is 11.6. The Morgan fingerprint density at radius 2 is 2.03 bits per heavy atom. The molecule has 0 fully saturated rings. The van der Waals surface area contributed by atoms with Gasteiger partial charge >= 0.3 is 5.97 Å². The lowest BCUT2D eigenvalue weighted by molar-refractivity contribution is 0.0697. The van der Waals surface area contributed by atoms with Gasteiger partial charge in [0.25, 0.3) is 0 Å². The number of carbonyl (C=O) groups is 1. The fraction of sp³-hybridized carbons (Fsp3) is 0.240. The fourth-order valence-corrected chi connectivity index (χ4v) is 2.62. The number of hydrogen-bond donors (Lipinski definition) is 3. The summed E-state index contributed by atoms with van der Waals surface area (Å²) in [5.74, 6) is -1.55. The van der Waals surface area contributed by atoms with Crippen molar-refractivity contribution in [2.45, 2.75) is 25.8 Å². The molecule has 0 saturated heterocycles. The average Bonchev–Trinajstić information content (AvgIpc) is 2.87. The Labute approximate surface area is 187 Å². The van der Waals surface area contributed by atoms with Crippen molar-refractivity contribution in [2.75, 3.05) is 13.0 Å². The van der Waals surface area contributed by atoms with E-state index in [-0.39, 0.29) is 24.1 Å². The molecule has 0 aliphatic heterocycles. The van der Waals surface area contributed by atoms with E-state index in [0.29, 0.717) is 17.5 Å². The van der Waals surface area contributed by atoms with E-state index in [4.69, 9.17) is 15.1 Å². The summed E-state index contributed by atoms with van der Waals surface area (Å²) in [4.78, 5) is 11.6. The molecule has 0 amide bonds. The van der Waals surface area contributed by atoms with Crippen LogP contribution in [0.1, 0.15) is 54.6 Å². The van der Waals surface area contributed by atoms with Crippen LogP contribution in [0.15, 0.2) is 72.6 Å². The monoisotopic (exact) mass is 400 g/mol.